The Morgan fingerprint density at radius 1 is 0.950 bits per heavy atom. The maximum absolute atomic E-state index is 12.3. The summed E-state index contributed by atoms with van der Waals surface area (Å²) >= 11 is 6.81. The number of carbonyl (C=O) groups excluding carboxylic acids is 1. The third-order valence-electron chi connectivity index (χ3n) is 2.93. The van der Waals surface area contributed by atoms with Gasteiger partial charge in [0.15, 0.2) is 0 Å². The van der Waals surface area contributed by atoms with Gasteiger partial charge in [-0.2, -0.15) is 0 Å². The van der Waals surface area contributed by atoms with Gasteiger partial charge < -0.3 is 4.74 Å². The standard InChI is InChI=1S/C16H14Br2O2/c1-2-20-16(19)15(11-3-7-13(17)8-4-11)12-5-9-14(18)10-6-12/h3-10,15H,2H2,1H3. The van der Waals surface area contributed by atoms with Gasteiger partial charge in [0.25, 0.3) is 0 Å². The van der Waals surface area contributed by atoms with E-state index in [9.17, 15) is 4.79 Å². The summed E-state index contributed by atoms with van der Waals surface area (Å²) < 4.78 is 7.18. The first-order valence-electron chi connectivity index (χ1n) is 6.29. The number of hydrogen-bond acceptors (Lipinski definition) is 2. The van der Waals surface area contributed by atoms with Gasteiger partial charge in [-0.1, -0.05) is 56.1 Å². The number of esters is 1. The molecule has 0 spiro atoms. The van der Waals surface area contributed by atoms with Crippen molar-refractivity contribution in [3.05, 3.63) is 68.6 Å². The highest BCUT2D eigenvalue weighted by Crippen LogP contribution is 2.28. The van der Waals surface area contributed by atoms with Gasteiger partial charge in [0.2, 0.25) is 0 Å². The Balaban J connectivity index is 2.41. The molecule has 0 aliphatic rings. The maximum atomic E-state index is 12.3. The van der Waals surface area contributed by atoms with Crippen LogP contribution in [-0.4, -0.2) is 12.6 Å². The summed E-state index contributed by atoms with van der Waals surface area (Å²) in [6.07, 6.45) is 0. The van der Waals surface area contributed by atoms with E-state index >= 15 is 0 Å². The van der Waals surface area contributed by atoms with Crippen LogP contribution in [0, 0.1) is 0 Å². The van der Waals surface area contributed by atoms with Gasteiger partial charge in [-0.25, -0.2) is 0 Å². The Labute approximate surface area is 135 Å². The van der Waals surface area contributed by atoms with Gasteiger partial charge in [0.05, 0.1) is 6.61 Å². The maximum Gasteiger partial charge on any atom is 0.317 e. The highest BCUT2D eigenvalue weighted by atomic mass is 79.9. The van der Waals surface area contributed by atoms with Crippen LogP contribution in [0.25, 0.3) is 0 Å². The summed E-state index contributed by atoms with van der Waals surface area (Å²) in [5.41, 5.74) is 1.85. The van der Waals surface area contributed by atoms with Crippen molar-refractivity contribution in [2.24, 2.45) is 0 Å². The fraction of sp³-hybridized carbons (Fsp3) is 0.188. The Morgan fingerprint density at radius 2 is 1.35 bits per heavy atom. The summed E-state index contributed by atoms with van der Waals surface area (Å²) in [5.74, 6) is -0.617. The lowest BCUT2D eigenvalue weighted by Gasteiger charge is -2.16. The quantitative estimate of drug-likeness (QED) is 0.685. The highest BCUT2D eigenvalue weighted by Gasteiger charge is 2.23. The third kappa shape index (κ3) is 3.70. The average Bonchev–Trinajstić information content (AvgIpc) is 2.44. The molecule has 2 rings (SSSR count). The summed E-state index contributed by atoms with van der Waals surface area (Å²) in [5, 5.41) is 0. The van der Waals surface area contributed by atoms with Crippen molar-refractivity contribution in [1.82, 2.24) is 0 Å². The van der Waals surface area contributed by atoms with Crippen molar-refractivity contribution < 1.29 is 9.53 Å². The van der Waals surface area contributed by atoms with Crippen molar-refractivity contribution in [3.8, 4) is 0 Å². The molecule has 0 atom stereocenters. The monoisotopic (exact) mass is 396 g/mol. The molecule has 0 amide bonds. The zero-order valence-corrected chi connectivity index (χ0v) is 14.1. The lowest BCUT2D eigenvalue weighted by atomic mass is 9.91. The molecule has 0 saturated carbocycles. The smallest absolute Gasteiger partial charge is 0.317 e. The zero-order valence-electron chi connectivity index (χ0n) is 11.0. The normalized spacial score (nSPS) is 10.6. The molecule has 2 nitrogen and oxygen atoms in total. The average molecular weight is 398 g/mol. The highest BCUT2D eigenvalue weighted by molar-refractivity contribution is 9.10. The van der Waals surface area contributed by atoms with Gasteiger partial charge >= 0.3 is 5.97 Å². The number of carbonyl (C=O) groups is 1. The minimum absolute atomic E-state index is 0.225. The van der Waals surface area contributed by atoms with Crippen molar-refractivity contribution >= 4 is 37.8 Å². The van der Waals surface area contributed by atoms with Gasteiger partial charge in [-0.05, 0) is 42.3 Å². The van der Waals surface area contributed by atoms with Crippen LogP contribution in [0.5, 0.6) is 0 Å². The Bertz CT molecular complexity index is 531. The van der Waals surface area contributed by atoms with E-state index in [4.69, 9.17) is 4.74 Å². The Kier molecular flexibility index (Phi) is 5.38. The van der Waals surface area contributed by atoms with Gasteiger partial charge in [0.1, 0.15) is 5.92 Å². The van der Waals surface area contributed by atoms with Gasteiger partial charge in [-0.15, -0.1) is 0 Å². The molecule has 20 heavy (non-hydrogen) atoms. The summed E-state index contributed by atoms with van der Waals surface area (Å²) in [7, 11) is 0. The summed E-state index contributed by atoms with van der Waals surface area (Å²) in [4.78, 5) is 12.3. The first kappa shape index (κ1) is 15.3. The van der Waals surface area contributed by atoms with Crippen LogP contribution in [0.2, 0.25) is 0 Å². The first-order valence-corrected chi connectivity index (χ1v) is 7.88. The van der Waals surface area contributed by atoms with E-state index in [1.54, 1.807) is 0 Å². The Morgan fingerprint density at radius 3 is 1.70 bits per heavy atom. The van der Waals surface area contributed by atoms with Crippen LogP contribution in [0.4, 0.5) is 0 Å². The topological polar surface area (TPSA) is 26.3 Å². The van der Waals surface area contributed by atoms with E-state index in [2.05, 4.69) is 31.9 Å². The van der Waals surface area contributed by atoms with Crippen LogP contribution in [0.3, 0.4) is 0 Å². The molecule has 0 unspecified atom stereocenters. The molecular weight excluding hydrogens is 384 g/mol. The van der Waals surface area contributed by atoms with E-state index in [0.29, 0.717) is 6.61 Å². The fourth-order valence-corrected chi connectivity index (χ4v) is 2.53. The molecule has 104 valence electrons. The number of halogens is 2. The molecule has 0 aromatic heterocycles. The van der Waals surface area contributed by atoms with Crippen molar-refractivity contribution in [3.63, 3.8) is 0 Å². The number of ether oxygens (including phenoxy) is 1. The van der Waals surface area contributed by atoms with E-state index in [0.717, 1.165) is 20.1 Å². The molecule has 4 heteroatoms. The third-order valence-corrected chi connectivity index (χ3v) is 3.99. The second kappa shape index (κ2) is 7.04. The van der Waals surface area contributed by atoms with Crippen LogP contribution < -0.4 is 0 Å². The molecule has 0 fully saturated rings. The van der Waals surface area contributed by atoms with Crippen LogP contribution in [0.1, 0.15) is 24.0 Å². The minimum atomic E-state index is -0.392. The molecule has 2 aromatic carbocycles. The van der Waals surface area contributed by atoms with E-state index in [-0.39, 0.29) is 5.97 Å². The SMILES string of the molecule is CCOC(=O)C(c1ccc(Br)cc1)c1ccc(Br)cc1. The second-order valence-electron chi connectivity index (χ2n) is 4.29. The first-order chi connectivity index (χ1) is 9.61. The van der Waals surface area contributed by atoms with Gasteiger partial charge in [0, 0.05) is 8.95 Å². The molecule has 0 aliphatic heterocycles. The second-order valence-corrected chi connectivity index (χ2v) is 6.12. The van der Waals surface area contributed by atoms with Crippen LogP contribution in [-0.2, 0) is 9.53 Å². The van der Waals surface area contributed by atoms with Gasteiger partial charge in [-0.3, -0.25) is 4.79 Å². The molecule has 0 heterocycles. The molecular formula is C16H14Br2O2. The zero-order chi connectivity index (χ0) is 14.5. The molecule has 0 N–H and O–H groups in total. The van der Waals surface area contributed by atoms with Crippen molar-refractivity contribution in [1.29, 1.82) is 0 Å². The van der Waals surface area contributed by atoms with Crippen molar-refractivity contribution in [2.45, 2.75) is 12.8 Å². The largest absolute Gasteiger partial charge is 0.465 e. The predicted molar refractivity (Wildman–Crippen MR) is 86.8 cm³/mol. The number of hydrogen-bond donors (Lipinski definition) is 0. The molecule has 2 aromatic rings. The molecule has 0 saturated heterocycles. The fourth-order valence-electron chi connectivity index (χ4n) is 2.00. The van der Waals surface area contributed by atoms with E-state index in [1.165, 1.54) is 0 Å². The predicted octanol–water partition coefficient (Wildman–Crippen LogP) is 4.91. The van der Waals surface area contributed by atoms with Crippen molar-refractivity contribution in [2.75, 3.05) is 6.61 Å². The summed E-state index contributed by atoms with van der Waals surface area (Å²) in [6.45, 7) is 2.19. The molecule has 0 bridgehead atoms. The lowest BCUT2D eigenvalue weighted by Crippen LogP contribution is -2.17. The molecule has 0 aliphatic carbocycles. The minimum Gasteiger partial charge on any atom is -0.465 e. The Hall–Kier alpha value is -1.13. The lowest BCUT2D eigenvalue weighted by molar-refractivity contribution is -0.143. The van der Waals surface area contributed by atoms with E-state index < -0.39 is 5.92 Å². The number of rotatable bonds is 4. The van der Waals surface area contributed by atoms with E-state index in [1.807, 2.05) is 55.5 Å². The molecule has 0 radical (unpaired) electrons. The number of benzene rings is 2. The van der Waals surface area contributed by atoms with Crippen LogP contribution >= 0.6 is 31.9 Å². The van der Waals surface area contributed by atoms with Crippen LogP contribution in [0.15, 0.2) is 57.5 Å². The summed E-state index contributed by atoms with van der Waals surface area (Å²) in [6, 6.07) is 15.5.